The van der Waals surface area contributed by atoms with Crippen molar-refractivity contribution in [3.05, 3.63) is 23.8 Å². The minimum Gasteiger partial charge on any atom is -0.486 e. The number of nitrogens with one attached hydrogen (secondary N) is 1. The van der Waals surface area contributed by atoms with Crippen LogP contribution in [0.15, 0.2) is 18.2 Å². The van der Waals surface area contributed by atoms with E-state index in [9.17, 15) is 18.0 Å². The Morgan fingerprint density at radius 1 is 1.04 bits per heavy atom. The number of nitrogens with zero attached hydrogens (tertiary/aromatic N) is 2. The second-order valence-electron chi connectivity index (χ2n) is 6.42. The molecule has 2 aliphatic rings. The minimum atomic E-state index is -4.38. The van der Waals surface area contributed by atoms with E-state index in [2.05, 4.69) is 4.90 Å². The molecule has 0 spiro atoms. The lowest BCUT2D eigenvalue weighted by Crippen LogP contribution is -2.49. The first kappa shape index (κ1) is 18.8. The van der Waals surface area contributed by atoms with E-state index >= 15 is 0 Å². The molecular weight excluding hydrogens is 351 g/mol. The number of ether oxygens (including phenoxy) is 2. The number of carbonyl (C=O) groups excluding carboxylic acids is 1. The molecule has 1 amide bonds. The van der Waals surface area contributed by atoms with Crippen LogP contribution in [-0.4, -0.2) is 74.4 Å². The average molecular weight is 373 g/mol. The molecule has 2 aliphatic heterocycles. The van der Waals surface area contributed by atoms with Gasteiger partial charge in [0.05, 0.1) is 6.54 Å². The Morgan fingerprint density at radius 3 is 2.38 bits per heavy atom. The van der Waals surface area contributed by atoms with Gasteiger partial charge in [-0.2, -0.15) is 13.2 Å². The Labute approximate surface area is 149 Å². The van der Waals surface area contributed by atoms with E-state index in [1.165, 1.54) is 0 Å². The molecule has 6 nitrogen and oxygen atoms in total. The summed E-state index contributed by atoms with van der Waals surface area (Å²) in [5, 5.41) is 1.90. The smallest absolute Gasteiger partial charge is 0.405 e. The predicted octanol–water partition coefficient (Wildman–Crippen LogP) is 1.25. The summed E-state index contributed by atoms with van der Waals surface area (Å²) in [5.41, 5.74) is 1.12. The van der Waals surface area contributed by atoms with Crippen LogP contribution in [0.5, 0.6) is 11.5 Å². The van der Waals surface area contributed by atoms with Crippen LogP contribution in [0.1, 0.15) is 5.56 Å². The molecule has 1 aromatic carbocycles. The van der Waals surface area contributed by atoms with E-state index in [-0.39, 0.29) is 6.54 Å². The summed E-state index contributed by atoms with van der Waals surface area (Å²) in [6, 6.07) is 5.89. The Kier molecular flexibility index (Phi) is 5.87. The van der Waals surface area contributed by atoms with Crippen molar-refractivity contribution in [1.82, 2.24) is 15.1 Å². The number of hydrogen-bond donors (Lipinski definition) is 1. The molecule has 1 N–H and O–H groups in total. The van der Waals surface area contributed by atoms with Gasteiger partial charge in [0.15, 0.2) is 11.5 Å². The van der Waals surface area contributed by atoms with E-state index in [0.29, 0.717) is 26.3 Å². The van der Waals surface area contributed by atoms with Crippen LogP contribution in [-0.2, 0) is 11.3 Å². The van der Waals surface area contributed by atoms with Gasteiger partial charge in [-0.25, -0.2) is 0 Å². The molecule has 0 atom stereocenters. The summed E-state index contributed by atoms with van der Waals surface area (Å²) in [5.74, 6) is 0.922. The Balaban J connectivity index is 1.42. The number of fused-ring (bicyclic) bond motifs is 1. The highest BCUT2D eigenvalue weighted by Crippen LogP contribution is 2.31. The fourth-order valence-electron chi connectivity index (χ4n) is 3.01. The predicted molar refractivity (Wildman–Crippen MR) is 88.2 cm³/mol. The largest absolute Gasteiger partial charge is 0.486 e. The fraction of sp³-hybridized carbons (Fsp3) is 0.588. The van der Waals surface area contributed by atoms with Gasteiger partial charge in [0.1, 0.15) is 19.8 Å². The highest BCUT2D eigenvalue weighted by atomic mass is 19.4. The number of amides is 1. The third kappa shape index (κ3) is 5.50. The summed E-state index contributed by atoms with van der Waals surface area (Å²) in [7, 11) is 0. The molecule has 3 rings (SSSR count). The maximum absolute atomic E-state index is 12.1. The first-order chi connectivity index (χ1) is 12.4. The van der Waals surface area contributed by atoms with Crippen molar-refractivity contribution >= 4 is 5.91 Å². The van der Waals surface area contributed by atoms with Crippen molar-refractivity contribution < 1.29 is 27.4 Å². The van der Waals surface area contributed by atoms with E-state index in [0.717, 1.165) is 36.7 Å². The minimum absolute atomic E-state index is 0.00601. The van der Waals surface area contributed by atoms with Gasteiger partial charge in [-0.05, 0) is 17.7 Å². The van der Waals surface area contributed by atoms with Crippen LogP contribution >= 0.6 is 0 Å². The fourth-order valence-corrected chi connectivity index (χ4v) is 3.01. The van der Waals surface area contributed by atoms with Gasteiger partial charge < -0.3 is 14.8 Å². The third-order valence-corrected chi connectivity index (χ3v) is 4.33. The zero-order valence-corrected chi connectivity index (χ0v) is 14.3. The SMILES string of the molecule is O=C(CN1CCN(Cc2ccc3c(c2)OCCO3)CC1)NCC(F)(F)F. The van der Waals surface area contributed by atoms with Crippen molar-refractivity contribution in [2.45, 2.75) is 12.7 Å². The van der Waals surface area contributed by atoms with Crippen LogP contribution in [0.3, 0.4) is 0 Å². The van der Waals surface area contributed by atoms with Gasteiger partial charge in [-0.1, -0.05) is 6.07 Å². The van der Waals surface area contributed by atoms with E-state index < -0.39 is 18.6 Å². The normalized spacial score (nSPS) is 18.6. The van der Waals surface area contributed by atoms with Gasteiger partial charge in [-0.15, -0.1) is 0 Å². The van der Waals surface area contributed by atoms with Gasteiger partial charge in [-0.3, -0.25) is 14.6 Å². The van der Waals surface area contributed by atoms with Crippen LogP contribution in [0.2, 0.25) is 0 Å². The zero-order chi connectivity index (χ0) is 18.6. The Morgan fingerprint density at radius 2 is 1.69 bits per heavy atom. The molecule has 2 heterocycles. The van der Waals surface area contributed by atoms with Crippen LogP contribution in [0.4, 0.5) is 13.2 Å². The van der Waals surface area contributed by atoms with Gasteiger partial charge in [0.2, 0.25) is 5.91 Å². The molecular formula is C17H22F3N3O3. The van der Waals surface area contributed by atoms with Crippen LogP contribution in [0.25, 0.3) is 0 Å². The molecule has 0 aromatic heterocycles. The Hall–Kier alpha value is -2.00. The second kappa shape index (κ2) is 8.13. The number of carbonyl (C=O) groups is 1. The summed E-state index contributed by atoms with van der Waals surface area (Å²) in [4.78, 5) is 15.7. The van der Waals surface area contributed by atoms with Crippen molar-refractivity contribution in [2.75, 3.05) is 52.5 Å². The van der Waals surface area contributed by atoms with E-state index in [1.807, 2.05) is 28.4 Å². The number of benzene rings is 1. The average Bonchev–Trinajstić information content (AvgIpc) is 2.61. The van der Waals surface area contributed by atoms with Crippen LogP contribution in [0, 0.1) is 0 Å². The summed E-state index contributed by atoms with van der Waals surface area (Å²) >= 11 is 0. The molecule has 0 unspecified atom stereocenters. The third-order valence-electron chi connectivity index (χ3n) is 4.33. The lowest BCUT2D eigenvalue weighted by molar-refractivity contribution is -0.139. The van der Waals surface area contributed by atoms with Crippen molar-refractivity contribution in [3.63, 3.8) is 0 Å². The first-order valence-electron chi connectivity index (χ1n) is 8.56. The first-order valence-corrected chi connectivity index (χ1v) is 8.56. The quantitative estimate of drug-likeness (QED) is 0.842. The number of hydrogen-bond acceptors (Lipinski definition) is 5. The molecule has 1 saturated heterocycles. The number of alkyl halides is 3. The number of rotatable bonds is 5. The van der Waals surface area contributed by atoms with Crippen molar-refractivity contribution in [3.8, 4) is 11.5 Å². The summed E-state index contributed by atoms with van der Waals surface area (Å²) in [6.45, 7) is 3.36. The maximum atomic E-state index is 12.1. The zero-order valence-electron chi connectivity index (χ0n) is 14.3. The lowest BCUT2D eigenvalue weighted by Gasteiger charge is -2.34. The highest BCUT2D eigenvalue weighted by molar-refractivity contribution is 5.78. The molecule has 26 heavy (non-hydrogen) atoms. The lowest BCUT2D eigenvalue weighted by atomic mass is 10.1. The van der Waals surface area contributed by atoms with Gasteiger partial charge in [0.25, 0.3) is 0 Å². The van der Waals surface area contributed by atoms with Gasteiger partial charge >= 0.3 is 6.18 Å². The standard InChI is InChI=1S/C17H22F3N3O3/c18-17(19,20)12-21-16(24)11-23-5-3-22(4-6-23)10-13-1-2-14-15(9-13)26-8-7-25-14/h1-2,9H,3-8,10-12H2,(H,21,24). The topological polar surface area (TPSA) is 54.0 Å². The molecule has 144 valence electrons. The molecule has 0 radical (unpaired) electrons. The molecule has 9 heteroatoms. The summed E-state index contributed by atoms with van der Waals surface area (Å²) in [6.07, 6.45) is -4.38. The Bertz CT molecular complexity index is 631. The molecule has 0 bridgehead atoms. The monoisotopic (exact) mass is 373 g/mol. The molecule has 0 saturated carbocycles. The second-order valence-corrected chi connectivity index (χ2v) is 6.42. The molecule has 1 fully saturated rings. The van der Waals surface area contributed by atoms with Crippen molar-refractivity contribution in [2.24, 2.45) is 0 Å². The molecule has 1 aromatic rings. The highest BCUT2D eigenvalue weighted by Gasteiger charge is 2.28. The van der Waals surface area contributed by atoms with Crippen molar-refractivity contribution in [1.29, 1.82) is 0 Å². The van der Waals surface area contributed by atoms with Gasteiger partial charge in [0, 0.05) is 32.7 Å². The number of piperazine rings is 1. The molecule has 0 aliphatic carbocycles. The van der Waals surface area contributed by atoms with Crippen LogP contribution < -0.4 is 14.8 Å². The summed E-state index contributed by atoms with van der Waals surface area (Å²) < 4.78 is 47.4. The maximum Gasteiger partial charge on any atom is 0.405 e. The van der Waals surface area contributed by atoms with E-state index in [1.54, 1.807) is 0 Å². The number of halogens is 3. The van der Waals surface area contributed by atoms with E-state index in [4.69, 9.17) is 9.47 Å².